The van der Waals surface area contributed by atoms with Gasteiger partial charge in [-0.1, -0.05) is 104 Å². The third-order valence-corrected chi connectivity index (χ3v) is 6.89. The first-order chi connectivity index (χ1) is 18.5. The average Bonchev–Trinajstić information content (AvgIpc) is 3.16. The molecular formula is C30H45ClN2O6. The van der Waals surface area contributed by atoms with Gasteiger partial charge in [0.25, 0.3) is 5.91 Å². The summed E-state index contributed by atoms with van der Waals surface area (Å²) in [5, 5.41) is 13.6. The van der Waals surface area contributed by atoms with Crippen LogP contribution in [-0.4, -0.2) is 28.0 Å². The van der Waals surface area contributed by atoms with Crippen molar-refractivity contribution in [2.75, 3.05) is 11.9 Å². The molecule has 39 heavy (non-hydrogen) atoms. The number of unbranched alkanes of at least 4 members (excludes halogenated alkanes) is 9. The summed E-state index contributed by atoms with van der Waals surface area (Å²) in [6, 6.07) is 3.20. The number of hydrogen-bond donors (Lipinski definition) is 2. The number of aryl methyl sites for hydroxylation is 1. The van der Waals surface area contributed by atoms with Gasteiger partial charge in [-0.05, 0) is 24.6 Å². The van der Waals surface area contributed by atoms with Gasteiger partial charge in [-0.3, -0.25) is 9.59 Å². The highest BCUT2D eigenvalue weighted by atomic mass is 35.5. The molecule has 0 aliphatic rings. The molecule has 1 aromatic heterocycles. The van der Waals surface area contributed by atoms with Crippen molar-refractivity contribution in [2.24, 2.45) is 5.41 Å². The largest absolute Gasteiger partial charge is 0.492 e. The van der Waals surface area contributed by atoms with E-state index in [0.29, 0.717) is 21.9 Å². The molecule has 0 bridgehead atoms. The average molecular weight is 565 g/mol. The number of aromatic hydroxyl groups is 1. The van der Waals surface area contributed by atoms with Gasteiger partial charge in [0, 0.05) is 16.9 Å². The lowest BCUT2D eigenvalue weighted by Crippen LogP contribution is -2.41. The zero-order valence-corrected chi connectivity index (χ0v) is 24.9. The number of carbonyl (C=O) groups is 2. The maximum Gasteiger partial charge on any atom is 0.423 e. The van der Waals surface area contributed by atoms with Crippen LogP contribution in [0.2, 0.25) is 5.02 Å². The Morgan fingerprint density at radius 1 is 1.03 bits per heavy atom. The second-order valence-corrected chi connectivity index (χ2v) is 11.5. The number of nitrogens with one attached hydrogen (secondary N) is 1. The Morgan fingerprint density at radius 3 is 2.15 bits per heavy atom. The van der Waals surface area contributed by atoms with Crippen molar-refractivity contribution in [3.63, 3.8) is 0 Å². The number of Topliss-reactive ketones (excluding diaryl/α,β-unsaturated/α-hetero) is 1. The van der Waals surface area contributed by atoms with Crippen LogP contribution < -0.4 is 15.8 Å². The summed E-state index contributed by atoms with van der Waals surface area (Å²) in [4.78, 5) is 39.3. The molecule has 0 fully saturated rings. The van der Waals surface area contributed by atoms with E-state index < -0.39 is 34.8 Å². The van der Waals surface area contributed by atoms with E-state index in [-0.39, 0.29) is 17.9 Å². The second-order valence-electron chi connectivity index (χ2n) is 11.0. The molecule has 0 aliphatic heterocycles. The topological polar surface area (TPSA) is 111 Å². The molecule has 8 nitrogen and oxygen atoms in total. The number of benzene rings is 1. The summed E-state index contributed by atoms with van der Waals surface area (Å²) in [6.07, 6.45) is 12.3. The predicted molar refractivity (Wildman–Crippen MR) is 155 cm³/mol. The van der Waals surface area contributed by atoms with Crippen molar-refractivity contribution >= 4 is 29.0 Å². The van der Waals surface area contributed by atoms with E-state index in [9.17, 15) is 19.5 Å². The van der Waals surface area contributed by atoms with Crippen molar-refractivity contribution in [3.05, 3.63) is 39.5 Å². The molecule has 2 aromatic rings. The van der Waals surface area contributed by atoms with E-state index in [1.165, 1.54) is 51.0 Å². The first kappa shape index (κ1) is 32.5. The Balaban J connectivity index is 2.07. The van der Waals surface area contributed by atoms with Gasteiger partial charge in [-0.2, -0.15) is 0 Å². The summed E-state index contributed by atoms with van der Waals surface area (Å²) < 4.78 is 11.7. The summed E-state index contributed by atoms with van der Waals surface area (Å²) >= 11 is 6.19. The van der Waals surface area contributed by atoms with Gasteiger partial charge in [0.1, 0.15) is 5.75 Å². The first-order valence-corrected chi connectivity index (χ1v) is 14.6. The zero-order chi connectivity index (χ0) is 29.0. The number of nitrogens with zero attached hydrogens (tertiary/aromatic N) is 1. The minimum Gasteiger partial charge on any atom is -0.492 e. The van der Waals surface area contributed by atoms with Crippen molar-refractivity contribution in [1.82, 2.24) is 4.57 Å². The van der Waals surface area contributed by atoms with E-state index in [2.05, 4.69) is 12.2 Å². The Hall–Kier alpha value is -2.74. The number of halogens is 1. The molecule has 0 saturated heterocycles. The Labute approximate surface area is 237 Å². The number of hydrogen-bond acceptors (Lipinski definition) is 6. The maximum atomic E-state index is 13.5. The fourth-order valence-corrected chi connectivity index (χ4v) is 4.51. The molecule has 0 radical (unpaired) electrons. The van der Waals surface area contributed by atoms with Gasteiger partial charge in [0.2, 0.25) is 5.88 Å². The molecule has 1 atom stereocenters. The Kier molecular flexibility index (Phi) is 13.1. The van der Waals surface area contributed by atoms with E-state index in [1.54, 1.807) is 39.8 Å². The summed E-state index contributed by atoms with van der Waals surface area (Å²) in [7, 11) is 0. The smallest absolute Gasteiger partial charge is 0.423 e. The van der Waals surface area contributed by atoms with Gasteiger partial charge in [-0.25, -0.2) is 9.36 Å². The number of oxazole rings is 1. The highest BCUT2D eigenvalue weighted by Crippen LogP contribution is 2.32. The molecule has 1 unspecified atom stereocenters. The van der Waals surface area contributed by atoms with E-state index in [1.807, 2.05) is 0 Å². The summed E-state index contributed by atoms with van der Waals surface area (Å²) in [5.41, 5.74) is -0.709. The zero-order valence-electron chi connectivity index (χ0n) is 24.1. The van der Waals surface area contributed by atoms with Crippen LogP contribution in [0.25, 0.3) is 0 Å². The van der Waals surface area contributed by atoms with Crippen molar-refractivity contribution in [1.29, 1.82) is 0 Å². The fourth-order valence-electron chi connectivity index (χ4n) is 4.34. The lowest BCUT2D eigenvalue weighted by Gasteiger charge is -2.24. The number of anilines is 1. The van der Waals surface area contributed by atoms with Crippen molar-refractivity contribution in [2.45, 2.75) is 111 Å². The van der Waals surface area contributed by atoms with Crippen LogP contribution in [0.4, 0.5) is 5.69 Å². The van der Waals surface area contributed by atoms with Crippen molar-refractivity contribution in [3.8, 4) is 11.6 Å². The van der Waals surface area contributed by atoms with Crippen LogP contribution >= 0.6 is 11.6 Å². The van der Waals surface area contributed by atoms with Crippen LogP contribution in [0, 0.1) is 5.41 Å². The molecule has 0 spiro atoms. The highest BCUT2D eigenvalue weighted by Gasteiger charge is 2.40. The number of amides is 1. The molecule has 2 N–H and O–H groups in total. The van der Waals surface area contributed by atoms with E-state index in [4.69, 9.17) is 20.8 Å². The van der Waals surface area contributed by atoms with Crippen molar-refractivity contribution < 1.29 is 23.8 Å². The van der Waals surface area contributed by atoms with Crippen LogP contribution in [0.15, 0.2) is 27.4 Å². The Bertz CT molecular complexity index is 1130. The first-order valence-electron chi connectivity index (χ1n) is 14.2. The lowest BCUT2D eigenvalue weighted by molar-refractivity contribution is -0.135. The second kappa shape index (κ2) is 15.8. The fraction of sp³-hybridized carbons (Fsp3) is 0.633. The number of ether oxygens (including phenoxy) is 1. The summed E-state index contributed by atoms with van der Waals surface area (Å²) in [5.74, 6) is -2.47. The van der Waals surface area contributed by atoms with Crippen LogP contribution in [0.1, 0.15) is 111 Å². The van der Waals surface area contributed by atoms with E-state index >= 15 is 0 Å². The highest BCUT2D eigenvalue weighted by molar-refractivity contribution is 6.31. The molecule has 2 rings (SSSR count). The third kappa shape index (κ3) is 9.75. The molecule has 218 valence electrons. The number of carbonyl (C=O) groups excluding carboxylic acids is 2. The predicted octanol–water partition coefficient (Wildman–Crippen LogP) is 7.46. The molecule has 0 saturated carbocycles. The summed E-state index contributed by atoms with van der Waals surface area (Å²) in [6.45, 7) is 9.29. The maximum absolute atomic E-state index is 13.5. The number of ketones is 1. The van der Waals surface area contributed by atoms with Gasteiger partial charge >= 0.3 is 5.76 Å². The SMILES string of the molecule is CCCCCCCCCCCCOc1ccc(Cl)cc1NC(=O)C(C(=O)C(C)(C)C)n1c(O)c(CC)oc1=O. The lowest BCUT2D eigenvalue weighted by atomic mass is 9.86. The van der Waals surface area contributed by atoms with Crippen LogP contribution in [0.3, 0.4) is 0 Å². The van der Waals surface area contributed by atoms with Gasteiger partial charge < -0.3 is 19.6 Å². The van der Waals surface area contributed by atoms with Gasteiger partial charge in [0.15, 0.2) is 17.6 Å². The monoisotopic (exact) mass is 564 g/mol. The Morgan fingerprint density at radius 2 is 1.62 bits per heavy atom. The standard InChI is InChI=1S/C30H45ClN2O6/c1-6-8-9-10-11-12-13-14-15-16-19-38-24-18-17-21(31)20-22(24)32-27(35)25(26(34)30(3,4)5)33-28(36)23(7-2)39-29(33)37/h17-18,20,25,36H,6-16,19H2,1-5H3,(H,32,35). The number of rotatable bonds is 17. The third-order valence-electron chi connectivity index (χ3n) is 6.65. The van der Waals surface area contributed by atoms with E-state index in [0.717, 1.165) is 19.3 Å². The quantitative estimate of drug-likeness (QED) is 0.152. The number of aromatic nitrogens is 1. The molecule has 9 heteroatoms. The normalized spacial score (nSPS) is 12.4. The molecule has 1 heterocycles. The molecule has 0 aliphatic carbocycles. The molecule has 1 aromatic carbocycles. The minimum atomic E-state index is -1.64. The van der Waals surface area contributed by atoms with Crippen LogP contribution in [-0.2, 0) is 16.0 Å². The molecular weight excluding hydrogens is 520 g/mol. The van der Waals surface area contributed by atoms with Crippen LogP contribution in [0.5, 0.6) is 11.6 Å². The minimum absolute atomic E-state index is 0.00257. The molecule has 1 amide bonds. The van der Waals surface area contributed by atoms with Gasteiger partial charge in [0.05, 0.1) is 12.3 Å². The van der Waals surface area contributed by atoms with Gasteiger partial charge in [-0.15, -0.1) is 0 Å².